The molecule has 1 saturated heterocycles. The zero-order valence-corrected chi connectivity index (χ0v) is 11.9. The Morgan fingerprint density at radius 2 is 2.22 bits per heavy atom. The molecule has 18 heavy (non-hydrogen) atoms. The van der Waals surface area contributed by atoms with Crippen LogP contribution in [-0.4, -0.2) is 35.3 Å². The van der Waals surface area contributed by atoms with E-state index in [0.29, 0.717) is 10.6 Å². The second-order valence-corrected chi connectivity index (χ2v) is 6.09. The van der Waals surface area contributed by atoms with Gasteiger partial charge in [0.2, 0.25) is 0 Å². The molecule has 1 aliphatic rings. The smallest absolute Gasteiger partial charge is 0.122 e. The Hall–Kier alpha value is -0.710. The lowest BCUT2D eigenvalue weighted by atomic mass is 10.1. The fourth-order valence-corrected chi connectivity index (χ4v) is 3.20. The molecule has 0 unspecified atom stereocenters. The summed E-state index contributed by atoms with van der Waals surface area (Å²) in [7, 11) is 0. The first-order chi connectivity index (χ1) is 8.66. The highest BCUT2D eigenvalue weighted by Gasteiger charge is 2.12. The van der Waals surface area contributed by atoms with Crippen LogP contribution in [0.1, 0.15) is 17.5 Å². The molecular weight excluding hydrogens is 266 g/mol. The number of amidine groups is 1. The largest absolute Gasteiger partial charge is 0.384 e. The van der Waals surface area contributed by atoms with E-state index in [1.54, 1.807) is 6.07 Å². The van der Waals surface area contributed by atoms with Gasteiger partial charge in [-0.25, -0.2) is 0 Å². The lowest BCUT2D eigenvalue weighted by Crippen LogP contribution is -2.25. The molecule has 1 aromatic rings. The van der Waals surface area contributed by atoms with Crippen molar-refractivity contribution in [1.29, 1.82) is 5.41 Å². The third-order valence-electron chi connectivity index (χ3n) is 3.07. The highest BCUT2D eigenvalue weighted by molar-refractivity contribution is 7.99. The summed E-state index contributed by atoms with van der Waals surface area (Å²) in [5.41, 5.74) is 7.26. The van der Waals surface area contributed by atoms with Gasteiger partial charge in [-0.05, 0) is 30.3 Å². The molecule has 98 valence electrons. The maximum Gasteiger partial charge on any atom is 0.122 e. The minimum absolute atomic E-state index is 0.0645. The molecule has 2 rings (SSSR count). The van der Waals surface area contributed by atoms with Crippen molar-refractivity contribution in [2.24, 2.45) is 5.73 Å². The van der Waals surface area contributed by atoms with Crippen LogP contribution in [0, 0.1) is 5.41 Å². The fourth-order valence-electron chi connectivity index (χ4n) is 2.04. The molecule has 1 heterocycles. The van der Waals surface area contributed by atoms with E-state index in [2.05, 4.69) is 4.90 Å². The fraction of sp³-hybridized carbons (Fsp3) is 0.462. The van der Waals surface area contributed by atoms with Gasteiger partial charge in [0.05, 0.1) is 0 Å². The van der Waals surface area contributed by atoms with Crippen molar-refractivity contribution in [3.05, 3.63) is 34.3 Å². The number of hydrogen-bond acceptors (Lipinski definition) is 3. The van der Waals surface area contributed by atoms with Crippen LogP contribution in [0.15, 0.2) is 18.2 Å². The topological polar surface area (TPSA) is 53.1 Å². The summed E-state index contributed by atoms with van der Waals surface area (Å²) in [6.45, 7) is 3.14. The third-order valence-corrected chi connectivity index (χ3v) is 4.47. The Morgan fingerprint density at radius 1 is 1.39 bits per heavy atom. The third kappa shape index (κ3) is 3.64. The Kier molecular flexibility index (Phi) is 4.92. The zero-order chi connectivity index (χ0) is 13.0. The van der Waals surface area contributed by atoms with Crippen molar-refractivity contribution in [3.8, 4) is 0 Å². The first-order valence-electron chi connectivity index (χ1n) is 6.10. The second kappa shape index (κ2) is 6.45. The van der Waals surface area contributed by atoms with Crippen LogP contribution >= 0.6 is 23.4 Å². The maximum atomic E-state index is 7.39. The summed E-state index contributed by atoms with van der Waals surface area (Å²) < 4.78 is 0. The van der Waals surface area contributed by atoms with E-state index in [1.807, 2.05) is 23.9 Å². The summed E-state index contributed by atoms with van der Waals surface area (Å²) in [4.78, 5) is 2.44. The Bertz CT molecular complexity index is 428. The van der Waals surface area contributed by atoms with Gasteiger partial charge in [-0.1, -0.05) is 23.7 Å². The van der Waals surface area contributed by atoms with Gasteiger partial charge < -0.3 is 5.73 Å². The summed E-state index contributed by atoms with van der Waals surface area (Å²) in [5, 5.41) is 8.10. The normalized spacial score (nSPS) is 17.4. The predicted octanol–water partition coefficient (Wildman–Crippen LogP) is 2.56. The van der Waals surface area contributed by atoms with E-state index in [4.69, 9.17) is 22.7 Å². The van der Waals surface area contributed by atoms with Gasteiger partial charge in [0.1, 0.15) is 5.84 Å². The summed E-state index contributed by atoms with van der Waals surface area (Å²) in [6.07, 6.45) is 1.24. The molecule has 1 aromatic carbocycles. The SMILES string of the molecule is N=C(N)c1ccc(CN2CCCSCC2)c(Cl)c1. The summed E-state index contributed by atoms with van der Waals surface area (Å²) in [5.74, 6) is 2.52. The first-order valence-corrected chi connectivity index (χ1v) is 7.63. The van der Waals surface area contributed by atoms with E-state index < -0.39 is 0 Å². The van der Waals surface area contributed by atoms with Gasteiger partial charge >= 0.3 is 0 Å². The van der Waals surface area contributed by atoms with Crippen LogP contribution in [0.5, 0.6) is 0 Å². The van der Waals surface area contributed by atoms with Crippen LogP contribution in [0.2, 0.25) is 5.02 Å². The molecule has 1 fully saturated rings. The van der Waals surface area contributed by atoms with Crippen LogP contribution in [-0.2, 0) is 6.54 Å². The van der Waals surface area contributed by atoms with Gasteiger partial charge in [-0.3, -0.25) is 10.3 Å². The van der Waals surface area contributed by atoms with Crippen LogP contribution in [0.25, 0.3) is 0 Å². The molecular formula is C13H18ClN3S. The minimum atomic E-state index is 0.0645. The lowest BCUT2D eigenvalue weighted by Gasteiger charge is -2.20. The number of benzene rings is 1. The van der Waals surface area contributed by atoms with Gasteiger partial charge in [-0.15, -0.1) is 0 Å². The second-order valence-electron chi connectivity index (χ2n) is 4.46. The molecule has 0 saturated carbocycles. The average Bonchev–Trinajstić information content (AvgIpc) is 2.60. The van der Waals surface area contributed by atoms with Crippen LogP contribution in [0.3, 0.4) is 0 Å². The van der Waals surface area contributed by atoms with E-state index in [-0.39, 0.29) is 5.84 Å². The number of nitrogens with zero attached hydrogens (tertiary/aromatic N) is 1. The number of rotatable bonds is 3. The molecule has 3 N–H and O–H groups in total. The minimum Gasteiger partial charge on any atom is -0.384 e. The van der Waals surface area contributed by atoms with Crippen LogP contribution in [0.4, 0.5) is 0 Å². The predicted molar refractivity (Wildman–Crippen MR) is 79.7 cm³/mol. The number of hydrogen-bond donors (Lipinski definition) is 2. The van der Waals surface area contributed by atoms with Gasteiger partial charge in [0.25, 0.3) is 0 Å². The number of thioether (sulfide) groups is 1. The Balaban J connectivity index is 2.06. The van der Waals surface area contributed by atoms with E-state index in [0.717, 1.165) is 25.2 Å². The molecule has 0 aliphatic carbocycles. The standard InChI is InChI=1S/C13H18ClN3S/c14-12-8-10(13(15)16)2-3-11(12)9-17-4-1-6-18-7-5-17/h2-3,8H,1,4-7,9H2,(H3,15,16). The van der Waals surface area contributed by atoms with E-state index in [1.165, 1.54) is 17.9 Å². The number of halogens is 1. The Morgan fingerprint density at radius 3 is 2.94 bits per heavy atom. The van der Waals surface area contributed by atoms with E-state index in [9.17, 15) is 0 Å². The van der Waals surface area contributed by atoms with Crippen molar-refractivity contribution in [2.45, 2.75) is 13.0 Å². The van der Waals surface area contributed by atoms with Crippen molar-refractivity contribution in [1.82, 2.24) is 4.90 Å². The van der Waals surface area contributed by atoms with Crippen molar-refractivity contribution in [3.63, 3.8) is 0 Å². The zero-order valence-electron chi connectivity index (χ0n) is 10.3. The maximum absolute atomic E-state index is 7.39. The molecule has 0 spiro atoms. The molecule has 1 aliphatic heterocycles. The van der Waals surface area contributed by atoms with Gasteiger partial charge in [0.15, 0.2) is 0 Å². The molecule has 0 radical (unpaired) electrons. The molecule has 0 bridgehead atoms. The average molecular weight is 284 g/mol. The van der Waals surface area contributed by atoms with Crippen molar-refractivity contribution in [2.75, 3.05) is 24.6 Å². The molecule has 3 nitrogen and oxygen atoms in total. The quantitative estimate of drug-likeness (QED) is 0.662. The van der Waals surface area contributed by atoms with Gasteiger partial charge in [0, 0.05) is 29.4 Å². The molecule has 0 atom stereocenters. The highest BCUT2D eigenvalue weighted by atomic mass is 35.5. The van der Waals surface area contributed by atoms with E-state index >= 15 is 0 Å². The highest BCUT2D eigenvalue weighted by Crippen LogP contribution is 2.21. The molecule has 0 amide bonds. The van der Waals surface area contributed by atoms with Crippen molar-refractivity contribution < 1.29 is 0 Å². The Labute approximate surface area is 117 Å². The van der Waals surface area contributed by atoms with Crippen LogP contribution < -0.4 is 5.73 Å². The molecule has 0 aromatic heterocycles. The number of nitrogens with one attached hydrogen (secondary N) is 1. The summed E-state index contributed by atoms with van der Waals surface area (Å²) >= 11 is 8.27. The monoisotopic (exact) mass is 283 g/mol. The van der Waals surface area contributed by atoms with Gasteiger partial charge in [-0.2, -0.15) is 11.8 Å². The number of nitrogen functional groups attached to an aromatic ring is 1. The molecule has 5 heteroatoms. The first kappa shape index (κ1) is 13.7. The number of nitrogens with two attached hydrogens (primary N) is 1. The summed E-state index contributed by atoms with van der Waals surface area (Å²) in [6, 6.07) is 5.64. The van der Waals surface area contributed by atoms with Crippen molar-refractivity contribution >= 4 is 29.2 Å². The lowest BCUT2D eigenvalue weighted by molar-refractivity contribution is 0.287.